The molecule has 18 heavy (non-hydrogen) atoms. The number of nitrogens with zero attached hydrogens (tertiary/aromatic N) is 1. The fourth-order valence-electron chi connectivity index (χ4n) is 1.97. The number of methoxy groups -OCH3 is 1. The molecule has 5 nitrogen and oxygen atoms in total. The average Bonchev–Trinajstić information content (AvgIpc) is 2.61. The number of ether oxygens (including phenoxy) is 1. The molecule has 1 aromatic rings. The van der Waals surface area contributed by atoms with E-state index in [9.17, 15) is 14.7 Å². The molecule has 2 amide bonds. The van der Waals surface area contributed by atoms with Gasteiger partial charge in [0.15, 0.2) is 0 Å². The molecule has 0 radical (unpaired) electrons. The van der Waals surface area contributed by atoms with Crippen molar-refractivity contribution in [2.24, 2.45) is 0 Å². The number of rotatable bonds is 4. The minimum atomic E-state index is -1.16. The third-order valence-electron chi connectivity index (χ3n) is 2.98. The summed E-state index contributed by atoms with van der Waals surface area (Å²) in [7, 11) is 1.59. The van der Waals surface area contributed by atoms with E-state index in [-0.39, 0.29) is 12.3 Å². The quantitative estimate of drug-likeness (QED) is 0.782. The second-order valence-electron chi connectivity index (χ2n) is 4.21. The van der Waals surface area contributed by atoms with Crippen LogP contribution in [-0.4, -0.2) is 41.6 Å². The molecule has 0 saturated carbocycles. The molecule has 0 aromatic heterocycles. The first kappa shape index (κ1) is 12.6. The van der Waals surface area contributed by atoms with E-state index in [1.807, 2.05) is 24.3 Å². The maximum atomic E-state index is 11.5. The van der Waals surface area contributed by atoms with E-state index in [0.717, 1.165) is 16.2 Å². The second kappa shape index (κ2) is 5.18. The summed E-state index contributed by atoms with van der Waals surface area (Å²) in [4.78, 5) is 24.1. The van der Waals surface area contributed by atoms with Crippen molar-refractivity contribution in [3.8, 4) is 5.75 Å². The summed E-state index contributed by atoms with van der Waals surface area (Å²) in [5.74, 6) is -0.0649. The predicted octanol–water partition coefficient (Wildman–Crippen LogP) is 0.357. The molecule has 1 heterocycles. The van der Waals surface area contributed by atoms with Crippen molar-refractivity contribution in [2.45, 2.75) is 18.9 Å². The maximum absolute atomic E-state index is 11.5. The van der Waals surface area contributed by atoms with E-state index in [4.69, 9.17) is 4.74 Å². The largest absolute Gasteiger partial charge is 0.497 e. The Morgan fingerprint density at radius 3 is 2.83 bits per heavy atom. The average molecular weight is 249 g/mol. The number of benzene rings is 1. The van der Waals surface area contributed by atoms with Crippen molar-refractivity contribution in [2.75, 3.05) is 13.7 Å². The van der Waals surface area contributed by atoms with Crippen LogP contribution in [0.5, 0.6) is 5.75 Å². The Hall–Kier alpha value is -1.88. The van der Waals surface area contributed by atoms with Crippen LogP contribution in [0.25, 0.3) is 0 Å². The van der Waals surface area contributed by atoms with Crippen molar-refractivity contribution >= 4 is 11.8 Å². The van der Waals surface area contributed by atoms with Gasteiger partial charge in [0.25, 0.3) is 5.91 Å². The number of carbonyl (C=O) groups is 2. The minimum Gasteiger partial charge on any atom is -0.497 e. The second-order valence-corrected chi connectivity index (χ2v) is 4.21. The minimum absolute atomic E-state index is 0.100. The van der Waals surface area contributed by atoms with Gasteiger partial charge in [-0.2, -0.15) is 0 Å². The van der Waals surface area contributed by atoms with Crippen molar-refractivity contribution < 1.29 is 19.4 Å². The van der Waals surface area contributed by atoms with E-state index in [2.05, 4.69) is 0 Å². The van der Waals surface area contributed by atoms with Crippen LogP contribution < -0.4 is 4.74 Å². The maximum Gasteiger partial charge on any atom is 0.258 e. The Morgan fingerprint density at radius 1 is 1.44 bits per heavy atom. The zero-order valence-corrected chi connectivity index (χ0v) is 10.1. The highest BCUT2D eigenvalue weighted by atomic mass is 16.5. The van der Waals surface area contributed by atoms with Gasteiger partial charge in [0.05, 0.1) is 13.5 Å². The number of hydrogen-bond acceptors (Lipinski definition) is 4. The first-order chi connectivity index (χ1) is 8.61. The number of amides is 2. The first-order valence-electron chi connectivity index (χ1n) is 5.77. The molecule has 1 aliphatic heterocycles. The van der Waals surface area contributed by atoms with Crippen LogP contribution >= 0.6 is 0 Å². The fraction of sp³-hybridized carbons (Fsp3) is 0.385. The van der Waals surface area contributed by atoms with Crippen LogP contribution in [0.2, 0.25) is 0 Å². The Bertz CT molecular complexity index is 472. The van der Waals surface area contributed by atoms with Gasteiger partial charge in [0.2, 0.25) is 5.91 Å². The summed E-state index contributed by atoms with van der Waals surface area (Å²) in [6.07, 6.45) is -0.707. The van der Waals surface area contributed by atoms with Gasteiger partial charge in [-0.3, -0.25) is 14.5 Å². The molecular weight excluding hydrogens is 234 g/mol. The molecule has 96 valence electrons. The summed E-state index contributed by atoms with van der Waals surface area (Å²) < 4.78 is 5.10. The first-order valence-corrected chi connectivity index (χ1v) is 5.77. The smallest absolute Gasteiger partial charge is 0.258 e. The molecule has 2 rings (SSSR count). The van der Waals surface area contributed by atoms with E-state index < -0.39 is 12.0 Å². The summed E-state index contributed by atoms with van der Waals surface area (Å²) in [5.41, 5.74) is 0.983. The monoisotopic (exact) mass is 249 g/mol. The van der Waals surface area contributed by atoms with Gasteiger partial charge < -0.3 is 9.84 Å². The van der Waals surface area contributed by atoms with E-state index in [1.165, 1.54) is 0 Å². The summed E-state index contributed by atoms with van der Waals surface area (Å²) >= 11 is 0. The molecule has 0 unspecified atom stereocenters. The van der Waals surface area contributed by atoms with Crippen LogP contribution in [0.3, 0.4) is 0 Å². The Morgan fingerprint density at radius 2 is 2.22 bits per heavy atom. The van der Waals surface area contributed by atoms with E-state index in [0.29, 0.717) is 13.0 Å². The Labute approximate surface area is 105 Å². The molecule has 0 spiro atoms. The molecule has 1 atom stereocenters. The van der Waals surface area contributed by atoms with Crippen LogP contribution in [0.1, 0.15) is 12.0 Å². The number of hydrogen-bond donors (Lipinski definition) is 1. The molecule has 1 aromatic carbocycles. The Kier molecular flexibility index (Phi) is 3.62. The lowest BCUT2D eigenvalue weighted by molar-refractivity contribution is -0.140. The van der Waals surface area contributed by atoms with Gasteiger partial charge >= 0.3 is 0 Å². The van der Waals surface area contributed by atoms with Crippen molar-refractivity contribution in [3.05, 3.63) is 29.8 Å². The molecule has 1 aliphatic rings. The van der Waals surface area contributed by atoms with Gasteiger partial charge in [-0.1, -0.05) is 12.1 Å². The summed E-state index contributed by atoms with van der Waals surface area (Å²) in [5, 5.41) is 9.29. The predicted molar refractivity (Wildman–Crippen MR) is 64.0 cm³/mol. The van der Waals surface area contributed by atoms with Gasteiger partial charge in [0.1, 0.15) is 11.9 Å². The highest BCUT2D eigenvalue weighted by molar-refractivity contribution is 6.04. The molecular formula is C13H15NO4. The number of imide groups is 1. The molecule has 1 N–H and O–H groups in total. The highest BCUT2D eigenvalue weighted by Crippen LogP contribution is 2.16. The standard InChI is InChI=1S/C13H15NO4/c1-18-10-4-2-3-9(7-10)5-6-14-12(16)8-11(15)13(14)17/h2-4,7,11,15H,5-6,8H2,1H3/t11-/m0/s1. The zero-order valence-electron chi connectivity index (χ0n) is 10.1. The number of aliphatic hydroxyl groups is 1. The molecule has 0 bridgehead atoms. The van der Waals surface area contributed by atoms with E-state index >= 15 is 0 Å². The molecule has 1 saturated heterocycles. The van der Waals surface area contributed by atoms with Crippen molar-refractivity contribution in [1.82, 2.24) is 4.90 Å². The lowest BCUT2D eigenvalue weighted by Crippen LogP contribution is -2.33. The SMILES string of the molecule is COc1cccc(CCN2C(=O)C[C@H](O)C2=O)c1. The van der Waals surface area contributed by atoms with Gasteiger partial charge in [0, 0.05) is 6.54 Å². The topological polar surface area (TPSA) is 66.8 Å². The number of likely N-dealkylation sites (tertiary alicyclic amines) is 1. The third-order valence-corrected chi connectivity index (χ3v) is 2.98. The van der Waals surface area contributed by atoms with Gasteiger partial charge in [-0.15, -0.1) is 0 Å². The molecule has 1 fully saturated rings. The van der Waals surface area contributed by atoms with Crippen molar-refractivity contribution in [1.29, 1.82) is 0 Å². The van der Waals surface area contributed by atoms with Gasteiger partial charge in [-0.25, -0.2) is 0 Å². The zero-order chi connectivity index (χ0) is 13.1. The number of carbonyl (C=O) groups excluding carboxylic acids is 2. The Balaban J connectivity index is 1.99. The fourth-order valence-corrected chi connectivity index (χ4v) is 1.97. The number of aliphatic hydroxyl groups excluding tert-OH is 1. The summed E-state index contributed by atoms with van der Waals surface area (Å²) in [6.45, 7) is 0.294. The lowest BCUT2D eigenvalue weighted by atomic mass is 10.1. The van der Waals surface area contributed by atoms with Crippen molar-refractivity contribution in [3.63, 3.8) is 0 Å². The van der Waals surface area contributed by atoms with E-state index in [1.54, 1.807) is 7.11 Å². The third kappa shape index (κ3) is 2.51. The van der Waals surface area contributed by atoms with Gasteiger partial charge in [-0.05, 0) is 24.1 Å². The molecule has 5 heteroatoms. The normalized spacial score (nSPS) is 19.4. The van der Waals surface area contributed by atoms with Crippen LogP contribution in [0.4, 0.5) is 0 Å². The molecule has 0 aliphatic carbocycles. The lowest BCUT2D eigenvalue weighted by Gasteiger charge is -2.14. The highest BCUT2D eigenvalue weighted by Gasteiger charge is 2.36. The van der Waals surface area contributed by atoms with Crippen LogP contribution in [-0.2, 0) is 16.0 Å². The van der Waals surface area contributed by atoms with Crippen LogP contribution in [0, 0.1) is 0 Å². The summed E-state index contributed by atoms with van der Waals surface area (Å²) in [6, 6.07) is 7.46. The van der Waals surface area contributed by atoms with Crippen LogP contribution in [0.15, 0.2) is 24.3 Å².